The van der Waals surface area contributed by atoms with Crippen LogP contribution in [-0.2, 0) is 0 Å². The molecule has 1 aliphatic rings. The third kappa shape index (κ3) is 1.96. The molecule has 0 aromatic rings. The maximum Gasteiger partial charge on any atom is 0.415 e. The Morgan fingerprint density at radius 2 is 2.18 bits per heavy atom. The van der Waals surface area contributed by atoms with Gasteiger partial charge in [-0.15, -0.1) is 0 Å². The van der Waals surface area contributed by atoms with E-state index >= 15 is 0 Å². The van der Waals surface area contributed by atoms with Gasteiger partial charge in [0.15, 0.2) is 0 Å². The molecule has 0 aliphatic carbocycles. The molecule has 62 valence electrons. The molecule has 0 aromatic carbocycles. The van der Waals surface area contributed by atoms with Gasteiger partial charge in [-0.25, -0.2) is 0 Å². The van der Waals surface area contributed by atoms with Crippen molar-refractivity contribution in [2.24, 2.45) is 4.99 Å². The Hall–Kier alpha value is -1.00. The first-order valence-electron chi connectivity index (χ1n) is 3.04. The lowest BCUT2D eigenvalue weighted by atomic mass is 10.2. The minimum absolute atomic E-state index is 0.275. The predicted molar refractivity (Wildman–Crippen MR) is 35.2 cm³/mol. The van der Waals surface area contributed by atoms with Gasteiger partial charge in [0.2, 0.25) is 0 Å². The van der Waals surface area contributed by atoms with Crippen LogP contribution in [0.5, 0.6) is 0 Å². The van der Waals surface area contributed by atoms with Crippen LogP contribution < -0.4 is 5.32 Å². The van der Waals surface area contributed by atoms with Crippen molar-refractivity contribution >= 4 is 5.84 Å². The van der Waals surface area contributed by atoms with Gasteiger partial charge in [-0.05, 0) is 6.92 Å². The summed E-state index contributed by atoms with van der Waals surface area (Å²) in [5, 5.41) is 2.41. The van der Waals surface area contributed by atoms with Gasteiger partial charge in [-0.1, -0.05) is 0 Å². The second kappa shape index (κ2) is 2.56. The van der Waals surface area contributed by atoms with Crippen LogP contribution in [-0.4, -0.2) is 18.6 Å². The molecule has 1 N–H and O–H groups in total. The van der Waals surface area contributed by atoms with Crippen molar-refractivity contribution in [1.82, 2.24) is 5.32 Å². The van der Waals surface area contributed by atoms with E-state index in [1.165, 1.54) is 0 Å². The number of rotatable bonds is 0. The van der Waals surface area contributed by atoms with E-state index in [2.05, 4.69) is 10.3 Å². The molecule has 1 aliphatic heterocycles. The monoisotopic (exact) mass is 164 g/mol. The van der Waals surface area contributed by atoms with E-state index in [0.717, 1.165) is 6.20 Å². The molecule has 0 atom stereocenters. The highest BCUT2D eigenvalue weighted by Gasteiger charge is 2.34. The summed E-state index contributed by atoms with van der Waals surface area (Å²) in [6.45, 7) is 1.34. The maximum atomic E-state index is 11.9. The summed E-state index contributed by atoms with van der Waals surface area (Å²) in [6, 6.07) is 0. The number of hydrogen-bond donors (Lipinski definition) is 1. The number of aliphatic imine (C=N–C) groups is 1. The fourth-order valence-electron chi connectivity index (χ4n) is 0.658. The molecule has 5 heteroatoms. The highest BCUT2D eigenvalue weighted by Crippen LogP contribution is 2.25. The van der Waals surface area contributed by atoms with E-state index in [-0.39, 0.29) is 6.54 Å². The first kappa shape index (κ1) is 8.10. The van der Waals surface area contributed by atoms with E-state index < -0.39 is 11.7 Å². The summed E-state index contributed by atoms with van der Waals surface area (Å²) < 4.78 is 35.7. The van der Waals surface area contributed by atoms with Gasteiger partial charge in [0, 0.05) is 6.20 Å². The van der Waals surface area contributed by atoms with Gasteiger partial charge >= 0.3 is 6.18 Å². The SMILES string of the molecule is CC1=NCC(C(F)(F)F)=CN1. The number of nitrogens with zero attached hydrogens (tertiary/aromatic N) is 1. The smallest absolute Gasteiger partial charge is 0.350 e. The fourth-order valence-corrected chi connectivity index (χ4v) is 0.658. The quantitative estimate of drug-likeness (QED) is 0.575. The zero-order chi connectivity index (χ0) is 8.48. The second-order valence-corrected chi connectivity index (χ2v) is 2.21. The molecular weight excluding hydrogens is 157 g/mol. The van der Waals surface area contributed by atoms with Crippen molar-refractivity contribution in [1.29, 1.82) is 0 Å². The Balaban J connectivity index is 2.66. The zero-order valence-corrected chi connectivity index (χ0v) is 5.87. The standard InChI is InChI=1S/C6H7F3N2/c1-4-10-2-5(3-11-4)6(7,8)9/h2H,3H2,1H3,(H,10,11). The van der Waals surface area contributed by atoms with Crippen LogP contribution in [0.3, 0.4) is 0 Å². The number of halogens is 3. The topological polar surface area (TPSA) is 24.4 Å². The number of alkyl halides is 3. The summed E-state index contributed by atoms with van der Waals surface area (Å²) in [5.41, 5.74) is -0.636. The largest absolute Gasteiger partial charge is 0.415 e. The first-order valence-corrected chi connectivity index (χ1v) is 3.04. The molecule has 0 fully saturated rings. The minimum atomic E-state index is -4.25. The fraction of sp³-hybridized carbons (Fsp3) is 0.500. The van der Waals surface area contributed by atoms with Gasteiger partial charge in [0.05, 0.1) is 18.0 Å². The van der Waals surface area contributed by atoms with Gasteiger partial charge in [-0.3, -0.25) is 4.99 Å². The molecule has 0 spiro atoms. The van der Waals surface area contributed by atoms with Gasteiger partial charge in [0.25, 0.3) is 0 Å². The van der Waals surface area contributed by atoms with Crippen LogP contribution in [0.2, 0.25) is 0 Å². The average molecular weight is 164 g/mol. The average Bonchev–Trinajstić information content (AvgIpc) is 1.86. The highest BCUT2D eigenvalue weighted by atomic mass is 19.4. The van der Waals surface area contributed by atoms with E-state index in [9.17, 15) is 13.2 Å². The molecule has 1 rings (SSSR count). The molecule has 11 heavy (non-hydrogen) atoms. The van der Waals surface area contributed by atoms with Crippen LogP contribution in [0.1, 0.15) is 6.92 Å². The number of nitrogens with one attached hydrogen (secondary N) is 1. The Bertz CT molecular complexity index is 214. The molecule has 0 amide bonds. The third-order valence-corrected chi connectivity index (χ3v) is 1.31. The zero-order valence-electron chi connectivity index (χ0n) is 5.87. The maximum absolute atomic E-state index is 11.9. The first-order chi connectivity index (χ1) is 5.00. The van der Waals surface area contributed by atoms with Gasteiger partial charge in [-0.2, -0.15) is 13.2 Å². The van der Waals surface area contributed by atoms with Crippen molar-refractivity contribution < 1.29 is 13.2 Å². The van der Waals surface area contributed by atoms with E-state index in [1.807, 2.05) is 0 Å². The molecule has 1 heterocycles. The van der Waals surface area contributed by atoms with Gasteiger partial charge < -0.3 is 5.32 Å². The lowest BCUT2D eigenvalue weighted by Gasteiger charge is -2.14. The summed E-state index contributed by atoms with van der Waals surface area (Å²) in [5.74, 6) is 0.512. The molecule has 0 radical (unpaired) electrons. The third-order valence-electron chi connectivity index (χ3n) is 1.31. The predicted octanol–water partition coefficient (Wildman–Crippen LogP) is 1.45. The molecule has 0 saturated carbocycles. The molecular formula is C6H7F3N2. The van der Waals surface area contributed by atoms with Crippen molar-refractivity contribution in [2.45, 2.75) is 13.1 Å². The Labute approximate surface area is 61.8 Å². The summed E-state index contributed by atoms with van der Waals surface area (Å²) in [7, 11) is 0. The van der Waals surface area contributed by atoms with Crippen molar-refractivity contribution in [3.05, 3.63) is 11.8 Å². The lowest BCUT2D eigenvalue weighted by Crippen LogP contribution is -2.26. The lowest BCUT2D eigenvalue weighted by molar-refractivity contribution is -0.0926. The van der Waals surface area contributed by atoms with Crippen molar-refractivity contribution in [2.75, 3.05) is 6.54 Å². The van der Waals surface area contributed by atoms with E-state index in [4.69, 9.17) is 0 Å². The number of amidine groups is 1. The van der Waals surface area contributed by atoms with Crippen LogP contribution in [0, 0.1) is 0 Å². The van der Waals surface area contributed by atoms with Crippen LogP contribution in [0.25, 0.3) is 0 Å². The Morgan fingerprint density at radius 1 is 1.55 bits per heavy atom. The second-order valence-electron chi connectivity index (χ2n) is 2.21. The Morgan fingerprint density at radius 3 is 2.55 bits per heavy atom. The summed E-state index contributed by atoms with van der Waals surface area (Å²) >= 11 is 0. The molecule has 2 nitrogen and oxygen atoms in total. The Kier molecular flexibility index (Phi) is 1.89. The van der Waals surface area contributed by atoms with Crippen LogP contribution >= 0.6 is 0 Å². The summed E-state index contributed by atoms with van der Waals surface area (Å²) in [6.07, 6.45) is -3.31. The molecule has 0 bridgehead atoms. The highest BCUT2D eigenvalue weighted by molar-refractivity contribution is 5.81. The summed E-state index contributed by atoms with van der Waals surface area (Å²) in [4.78, 5) is 3.60. The minimum Gasteiger partial charge on any atom is -0.350 e. The molecule has 0 aromatic heterocycles. The normalized spacial score (nSPS) is 18.5. The molecule has 0 saturated heterocycles. The van der Waals surface area contributed by atoms with Gasteiger partial charge in [0.1, 0.15) is 0 Å². The molecule has 0 unspecified atom stereocenters. The van der Waals surface area contributed by atoms with E-state index in [1.54, 1.807) is 6.92 Å². The van der Waals surface area contributed by atoms with E-state index in [0.29, 0.717) is 5.84 Å². The van der Waals surface area contributed by atoms with Crippen LogP contribution in [0.15, 0.2) is 16.8 Å². The number of hydrogen-bond acceptors (Lipinski definition) is 2. The van der Waals surface area contributed by atoms with Crippen molar-refractivity contribution in [3.63, 3.8) is 0 Å². The van der Waals surface area contributed by atoms with Crippen molar-refractivity contribution in [3.8, 4) is 0 Å². The van der Waals surface area contributed by atoms with Crippen LogP contribution in [0.4, 0.5) is 13.2 Å².